The Balaban J connectivity index is 3.26. The molecule has 108 valence electrons. The van der Waals surface area contributed by atoms with Crippen LogP contribution in [0.25, 0.3) is 0 Å². The summed E-state index contributed by atoms with van der Waals surface area (Å²) in [5.41, 5.74) is 4.15. The van der Waals surface area contributed by atoms with Crippen molar-refractivity contribution < 1.29 is 18.9 Å². The number of carbonyl (C=O) groups is 2. The Hall–Kier alpha value is -2.51. The molecular weight excluding hydrogens is 269 g/mol. The van der Waals surface area contributed by atoms with E-state index in [9.17, 15) is 24.1 Å². The molecule has 0 radical (unpaired) electrons. The monoisotopic (exact) mass is 283 g/mol. The first-order chi connectivity index (χ1) is 9.27. The number of nitrogens with zero attached hydrogens (tertiary/aromatic N) is 2. The SMILES string of the molecule is CCN(CC(N)=O)C(=O)c1cc([N+](=O)[O-])cc(C)c1F. The van der Waals surface area contributed by atoms with Crippen LogP contribution in [0.3, 0.4) is 0 Å². The van der Waals surface area contributed by atoms with Gasteiger partial charge in [-0.15, -0.1) is 0 Å². The fourth-order valence-corrected chi connectivity index (χ4v) is 1.70. The van der Waals surface area contributed by atoms with Gasteiger partial charge in [0.1, 0.15) is 5.82 Å². The molecule has 2 N–H and O–H groups in total. The number of rotatable bonds is 5. The van der Waals surface area contributed by atoms with Crippen molar-refractivity contribution in [1.82, 2.24) is 4.90 Å². The topological polar surface area (TPSA) is 107 Å². The third-order valence-corrected chi connectivity index (χ3v) is 2.70. The summed E-state index contributed by atoms with van der Waals surface area (Å²) in [6.45, 7) is 2.66. The number of aryl methyl sites for hydroxylation is 1. The summed E-state index contributed by atoms with van der Waals surface area (Å²) in [5.74, 6) is -2.40. The van der Waals surface area contributed by atoms with Crippen molar-refractivity contribution in [2.24, 2.45) is 5.73 Å². The van der Waals surface area contributed by atoms with Gasteiger partial charge in [0.05, 0.1) is 17.0 Å². The van der Waals surface area contributed by atoms with Crippen molar-refractivity contribution in [2.75, 3.05) is 13.1 Å². The maximum absolute atomic E-state index is 13.9. The van der Waals surface area contributed by atoms with Crippen LogP contribution in [0, 0.1) is 22.9 Å². The van der Waals surface area contributed by atoms with Gasteiger partial charge in [-0.2, -0.15) is 0 Å². The van der Waals surface area contributed by atoms with Gasteiger partial charge in [0.25, 0.3) is 11.6 Å². The molecule has 0 aromatic heterocycles. The second-order valence-corrected chi connectivity index (χ2v) is 4.17. The molecule has 7 nitrogen and oxygen atoms in total. The Kier molecular flexibility index (Phi) is 4.73. The van der Waals surface area contributed by atoms with E-state index in [1.807, 2.05) is 0 Å². The van der Waals surface area contributed by atoms with Crippen LogP contribution >= 0.6 is 0 Å². The molecule has 0 aliphatic carbocycles. The van der Waals surface area contributed by atoms with Gasteiger partial charge >= 0.3 is 0 Å². The van der Waals surface area contributed by atoms with Crippen molar-refractivity contribution in [2.45, 2.75) is 13.8 Å². The van der Waals surface area contributed by atoms with Gasteiger partial charge in [0.2, 0.25) is 5.91 Å². The first-order valence-corrected chi connectivity index (χ1v) is 5.80. The first kappa shape index (κ1) is 15.5. The van der Waals surface area contributed by atoms with Gasteiger partial charge in [-0.1, -0.05) is 0 Å². The molecule has 0 heterocycles. The second kappa shape index (κ2) is 6.09. The van der Waals surface area contributed by atoms with Gasteiger partial charge in [-0.3, -0.25) is 19.7 Å². The van der Waals surface area contributed by atoms with Crippen LogP contribution in [-0.2, 0) is 4.79 Å². The summed E-state index contributed by atoms with van der Waals surface area (Å²) < 4.78 is 13.9. The van der Waals surface area contributed by atoms with Crippen LogP contribution in [-0.4, -0.2) is 34.7 Å². The van der Waals surface area contributed by atoms with E-state index in [1.165, 1.54) is 6.92 Å². The maximum Gasteiger partial charge on any atom is 0.270 e. The Morgan fingerprint density at radius 1 is 1.45 bits per heavy atom. The van der Waals surface area contributed by atoms with E-state index >= 15 is 0 Å². The minimum atomic E-state index is -0.844. The summed E-state index contributed by atoms with van der Waals surface area (Å²) >= 11 is 0. The zero-order valence-electron chi connectivity index (χ0n) is 11.1. The predicted molar refractivity (Wildman–Crippen MR) is 68.6 cm³/mol. The van der Waals surface area contributed by atoms with Crippen LogP contribution < -0.4 is 5.73 Å². The van der Waals surface area contributed by atoms with Crippen molar-refractivity contribution in [1.29, 1.82) is 0 Å². The minimum absolute atomic E-state index is 0.0160. The molecule has 0 atom stereocenters. The fraction of sp³-hybridized carbons (Fsp3) is 0.333. The normalized spacial score (nSPS) is 10.2. The van der Waals surface area contributed by atoms with Crippen LogP contribution in [0.2, 0.25) is 0 Å². The van der Waals surface area contributed by atoms with E-state index in [1.54, 1.807) is 6.92 Å². The van der Waals surface area contributed by atoms with Crippen LogP contribution in [0.5, 0.6) is 0 Å². The Morgan fingerprint density at radius 3 is 2.50 bits per heavy atom. The summed E-state index contributed by atoms with van der Waals surface area (Å²) in [4.78, 5) is 34.0. The minimum Gasteiger partial charge on any atom is -0.368 e. The molecule has 0 saturated carbocycles. The van der Waals surface area contributed by atoms with Crippen molar-refractivity contribution in [3.8, 4) is 0 Å². The summed E-state index contributed by atoms with van der Waals surface area (Å²) in [7, 11) is 0. The Morgan fingerprint density at radius 2 is 2.05 bits per heavy atom. The standard InChI is InChI=1S/C12H14FN3O4/c1-3-15(6-10(14)17)12(18)9-5-8(16(19)20)4-7(2)11(9)13/h4-5H,3,6H2,1-2H3,(H2,14,17). The lowest BCUT2D eigenvalue weighted by Crippen LogP contribution is -2.38. The zero-order chi connectivity index (χ0) is 15.4. The van der Waals surface area contributed by atoms with Crippen LogP contribution in [0.1, 0.15) is 22.8 Å². The highest BCUT2D eigenvalue weighted by molar-refractivity contribution is 5.97. The number of carbonyl (C=O) groups excluding carboxylic acids is 2. The smallest absolute Gasteiger partial charge is 0.270 e. The summed E-state index contributed by atoms with van der Waals surface area (Å²) in [6.07, 6.45) is 0. The van der Waals surface area contributed by atoms with Crippen LogP contribution in [0.4, 0.5) is 10.1 Å². The van der Waals surface area contributed by atoms with Crippen LogP contribution in [0.15, 0.2) is 12.1 Å². The number of nitro groups is 1. The lowest BCUT2D eigenvalue weighted by molar-refractivity contribution is -0.385. The number of hydrogen-bond donors (Lipinski definition) is 1. The Bertz CT molecular complexity index is 574. The highest BCUT2D eigenvalue weighted by Crippen LogP contribution is 2.22. The Labute approximate surface area is 114 Å². The van der Waals surface area contributed by atoms with E-state index in [0.29, 0.717) is 0 Å². The number of nitrogens with two attached hydrogens (primary N) is 1. The predicted octanol–water partition coefficient (Wildman–Crippen LogP) is 0.990. The lowest BCUT2D eigenvalue weighted by Gasteiger charge is -2.19. The van der Waals surface area contributed by atoms with E-state index in [2.05, 4.69) is 0 Å². The third kappa shape index (κ3) is 3.28. The van der Waals surface area contributed by atoms with E-state index in [-0.39, 0.29) is 24.3 Å². The number of benzene rings is 1. The third-order valence-electron chi connectivity index (χ3n) is 2.70. The molecule has 1 aromatic carbocycles. The largest absolute Gasteiger partial charge is 0.368 e. The van der Waals surface area contributed by atoms with E-state index in [4.69, 9.17) is 5.73 Å². The molecule has 0 unspecified atom stereocenters. The van der Waals surface area contributed by atoms with Gasteiger partial charge in [-0.25, -0.2) is 4.39 Å². The van der Waals surface area contributed by atoms with Gasteiger partial charge in [0, 0.05) is 18.7 Å². The maximum atomic E-state index is 13.9. The van der Waals surface area contributed by atoms with Gasteiger partial charge in [0.15, 0.2) is 0 Å². The average molecular weight is 283 g/mol. The first-order valence-electron chi connectivity index (χ1n) is 5.80. The van der Waals surface area contributed by atoms with Crippen molar-refractivity contribution in [3.63, 3.8) is 0 Å². The molecule has 0 aliphatic heterocycles. The van der Waals surface area contributed by atoms with E-state index < -0.39 is 28.1 Å². The summed E-state index contributed by atoms with van der Waals surface area (Å²) in [5, 5.41) is 10.7. The zero-order valence-corrected chi connectivity index (χ0v) is 11.1. The second-order valence-electron chi connectivity index (χ2n) is 4.17. The molecule has 0 bridgehead atoms. The molecule has 0 fully saturated rings. The number of hydrogen-bond acceptors (Lipinski definition) is 4. The van der Waals surface area contributed by atoms with Gasteiger partial charge in [-0.05, 0) is 19.4 Å². The molecular formula is C12H14FN3O4. The highest BCUT2D eigenvalue weighted by Gasteiger charge is 2.24. The number of amides is 2. The van der Waals surface area contributed by atoms with Crippen molar-refractivity contribution >= 4 is 17.5 Å². The quantitative estimate of drug-likeness (QED) is 0.642. The highest BCUT2D eigenvalue weighted by atomic mass is 19.1. The number of halogens is 1. The molecule has 1 rings (SSSR count). The number of primary amides is 1. The molecule has 0 spiro atoms. The molecule has 0 aliphatic rings. The molecule has 0 saturated heterocycles. The van der Waals surface area contributed by atoms with E-state index in [0.717, 1.165) is 17.0 Å². The number of likely N-dealkylation sites (N-methyl/N-ethyl adjacent to an activating group) is 1. The number of nitro benzene ring substituents is 1. The number of non-ortho nitro benzene ring substituents is 1. The molecule has 2 amide bonds. The van der Waals surface area contributed by atoms with Gasteiger partial charge < -0.3 is 10.6 Å². The lowest BCUT2D eigenvalue weighted by atomic mass is 10.1. The molecule has 1 aromatic rings. The molecule has 20 heavy (non-hydrogen) atoms. The average Bonchev–Trinajstić information content (AvgIpc) is 2.37. The molecule has 8 heteroatoms. The fourth-order valence-electron chi connectivity index (χ4n) is 1.70. The van der Waals surface area contributed by atoms with Crippen molar-refractivity contribution in [3.05, 3.63) is 39.2 Å². The summed E-state index contributed by atoms with van der Waals surface area (Å²) in [6, 6.07) is 1.89.